The Balaban J connectivity index is 2.33. The van der Waals surface area contributed by atoms with E-state index in [4.69, 9.17) is 14.2 Å². The summed E-state index contributed by atoms with van der Waals surface area (Å²) >= 11 is 0. The van der Waals surface area contributed by atoms with Crippen LogP contribution in [0.2, 0.25) is 0 Å². The molecule has 19 heavy (non-hydrogen) atoms. The molecular formula is C15H25NO3. The van der Waals surface area contributed by atoms with E-state index in [9.17, 15) is 0 Å². The van der Waals surface area contributed by atoms with Gasteiger partial charge in [-0.1, -0.05) is 12.1 Å². The zero-order valence-corrected chi connectivity index (χ0v) is 12.2. The maximum Gasteiger partial charge on any atom is 0.163 e. The third kappa shape index (κ3) is 5.49. The van der Waals surface area contributed by atoms with Gasteiger partial charge in [-0.3, -0.25) is 0 Å². The summed E-state index contributed by atoms with van der Waals surface area (Å²) in [7, 11) is 5.08. The van der Waals surface area contributed by atoms with Crippen LogP contribution in [-0.4, -0.2) is 41.0 Å². The maximum atomic E-state index is 5.42. The zero-order chi connectivity index (χ0) is 13.9. The molecule has 0 atom stereocenters. The molecule has 0 saturated heterocycles. The monoisotopic (exact) mass is 267 g/mol. The van der Waals surface area contributed by atoms with E-state index in [0.29, 0.717) is 0 Å². The lowest BCUT2D eigenvalue weighted by Crippen LogP contribution is -2.20. The molecule has 0 aliphatic rings. The second kappa shape index (κ2) is 9.64. The molecule has 0 bridgehead atoms. The second-order valence-electron chi connectivity index (χ2n) is 4.35. The summed E-state index contributed by atoms with van der Waals surface area (Å²) in [5.74, 6) is 1.66. The van der Waals surface area contributed by atoms with Gasteiger partial charge in [0.2, 0.25) is 0 Å². The van der Waals surface area contributed by atoms with E-state index in [1.54, 1.807) is 21.3 Å². The molecule has 1 aromatic rings. The van der Waals surface area contributed by atoms with Crippen LogP contribution in [0.4, 0.5) is 0 Å². The lowest BCUT2D eigenvalue weighted by Gasteiger charge is -2.12. The van der Waals surface area contributed by atoms with Crippen molar-refractivity contribution in [3.63, 3.8) is 0 Å². The Labute approximate surface area is 116 Å². The van der Waals surface area contributed by atoms with Gasteiger partial charge in [0, 0.05) is 13.7 Å². The summed E-state index contributed by atoms with van der Waals surface area (Å²) in [4.78, 5) is 0. The van der Waals surface area contributed by atoms with Crippen molar-refractivity contribution in [3.05, 3.63) is 23.8 Å². The van der Waals surface area contributed by atoms with E-state index < -0.39 is 0 Å². The fourth-order valence-electron chi connectivity index (χ4n) is 2.02. The van der Waals surface area contributed by atoms with E-state index in [2.05, 4.69) is 11.4 Å². The normalized spacial score (nSPS) is 10.5. The molecule has 0 aliphatic carbocycles. The Morgan fingerprint density at radius 3 is 2.53 bits per heavy atom. The molecule has 1 aromatic carbocycles. The number of unbranched alkanes of at least 4 members (excludes halogenated alkanes) is 1. The van der Waals surface area contributed by atoms with E-state index in [0.717, 1.165) is 50.5 Å². The van der Waals surface area contributed by atoms with E-state index >= 15 is 0 Å². The average molecular weight is 267 g/mol. The molecule has 0 saturated carbocycles. The van der Waals surface area contributed by atoms with Gasteiger partial charge in [-0.05, 0) is 37.4 Å². The van der Waals surface area contributed by atoms with Crippen molar-refractivity contribution in [3.8, 4) is 11.5 Å². The molecule has 0 amide bonds. The number of nitrogens with one attached hydrogen (secondary N) is 1. The van der Waals surface area contributed by atoms with Crippen LogP contribution >= 0.6 is 0 Å². The summed E-state index contributed by atoms with van der Waals surface area (Å²) in [6.45, 7) is 2.71. The number of para-hydroxylation sites is 1. The molecule has 0 fully saturated rings. The summed E-state index contributed by atoms with van der Waals surface area (Å²) in [6.07, 6.45) is 3.28. The van der Waals surface area contributed by atoms with Crippen LogP contribution in [0.15, 0.2) is 18.2 Å². The molecule has 108 valence electrons. The van der Waals surface area contributed by atoms with Crippen LogP contribution < -0.4 is 14.8 Å². The fraction of sp³-hybridized carbons (Fsp3) is 0.600. The van der Waals surface area contributed by atoms with Gasteiger partial charge in [0.25, 0.3) is 0 Å². The highest BCUT2D eigenvalue weighted by atomic mass is 16.5. The molecule has 0 aliphatic heterocycles. The minimum Gasteiger partial charge on any atom is -0.493 e. The number of hydrogen-bond acceptors (Lipinski definition) is 4. The first-order chi connectivity index (χ1) is 9.33. The highest BCUT2D eigenvalue weighted by Crippen LogP contribution is 2.31. The molecule has 0 spiro atoms. The van der Waals surface area contributed by atoms with Crippen molar-refractivity contribution in [2.75, 3.05) is 41.0 Å². The van der Waals surface area contributed by atoms with Gasteiger partial charge >= 0.3 is 0 Å². The van der Waals surface area contributed by atoms with Crippen molar-refractivity contribution in [1.82, 2.24) is 5.32 Å². The Kier molecular flexibility index (Phi) is 8.02. The molecule has 4 heteroatoms. The highest BCUT2D eigenvalue weighted by molar-refractivity contribution is 5.46. The smallest absolute Gasteiger partial charge is 0.163 e. The van der Waals surface area contributed by atoms with E-state index in [1.807, 2.05) is 12.1 Å². The largest absolute Gasteiger partial charge is 0.493 e. The summed E-state index contributed by atoms with van der Waals surface area (Å²) in [5.41, 5.74) is 1.21. The quantitative estimate of drug-likeness (QED) is 0.660. The van der Waals surface area contributed by atoms with Crippen LogP contribution in [0.5, 0.6) is 11.5 Å². The first-order valence-electron chi connectivity index (χ1n) is 6.73. The Morgan fingerprint density at radius 2 is 1.84 bits per heavy atom. The van der Waals surface area contributed by atoms with E-state index in [-0.39, 0.29) is 0 Å². The van der Waals surface area contributed by atoms with Gasteiger partial charge in [0.15, 0.2) is 11.5 Å². The molecule has 0 radical (unpaired) electrons. The molecule has 0 heterocycles. The molecule has 1 rings (SSSR count). The van der Waals surface area contributed by atoms with Crippen LogP contribution in [0.1, 0.15) is 18.4 Å². The third-order valence-electron chi connectivity index (χ3n) is 3.02. The minimum absolute atomic E-state index is 0.768. The number of rotatable bonds is 10. The van der Waals surface area contributed by atoms with Crippen molar-refractivity contribution < 1.29 is 14.2 Å². The third-order valence-corrected chi connectivity index (χ3v) is 3.02. The van der Waals surface area contributed by atoms with Crippen molar-refractivity contribution in [2.45, 2.75) is 19.3 Å². The van der Waals surface area contributed by atoms with Crippen molar-refractivity contribution >= 4 is 0 Å². The molecular weight excluding hydrogens is 242 g/mol. The minimum atomic E-state index is 0.768. The van der Waals surface area contributed by atoms with Gasteiger partial charge in [-0.2, -0.15) is 0 Å². The van der Waals surface area contributed by atoms with Gasteiger partial charge < -0.3 is 19.5 Å². The highest BCUT2D eigenvalue weighted by Gasteiger charge is 2.08. The van der Waals surface area contributed by atoms with Gasteiger partial charge in [-0.25, -0.2) is 0 Å². The van der Waals surface area contributed by atoms with Crippen LogP contribution in [0.25, 0.3) is 0 Å². The number of benzene rings is 1. The SMILES string of the molecule is COCCNCCCCc1cccc(OC)c1OC. The van der Waals surface area contributed by atoms with Crippen LogP contribution in [0, 0.1) is 0 Å². The number of methoxy groups -OCH3 is 3. The van der Waals surface area contributed by atoms with Crippen LogP contribution in [-0.2, 0) is 11.2 Å². The first kappa shape index (κ1) is 15.8. The predicted molar refractivity (Wildman–Crippen MR) is 77.2 cm³/mol. The molecule has 0 aromatic heterocycles. The van der Waals surface area contributed by atoms with Gasteiger partial charge in [0.05, 0.1) is 20.8 Å². The number of ether oxygens (including phenoxy) is 3. The molecule has 0 unspecified atom stereocenters. The van der Waals surface area contributed by atoms with Gasteiger partial charge in [-0.15, -0.1) is 0 Å². The molecule has 1 N–H and O–H groups in total. The average Bonchev–Trinajstić information content (AvgIpc) is 2.45. The summed E-state index contributed by atoms with van der Waals surface area (Å²) in [6, 6.07) is 6.03. The number of aryl methyl sites for hydroxylation is 1. The Hall–Kier alpha value is -1.26. The number of hydrogen-bond donors (Lipinski definition) is 1. The zero-order valence-electron chi connectivity index (χ0n) is 12.2. The lowest BCUT2D eigenvalue weighted by molar-refractivity contribution is 0.199. The second-order valence-corrected chi connectivity index (χ2v) is 4.35. The van der Waals surface area contributed by atoms with Crippen molar-refractivity contribution in [1.29, 1.82) is 0 Å². The lowest BCUT2D eigenvalue weighted by atomic mass is 10.1. The van der Waals surface area contributed by atoms with Gasteiger partial charge in [0.1, 0.15) is 0 Å². The first-order valence-corrected chi connectivity index (χ1v) is 6.73. The predicted octanol–water partition coefficient (Wildman–Crippen LogP) is 2.26. The van der Waals surface area contributed by atoms with E-state index in [1.165, 1.54) is 5.56 Å². The van der Waals surface area contributed by atoms with Crippen molar-refractivity contribution in [2.24, 2.45) is 0 Å². The Morgan fingerprint density at radius 1 is 1.00 bits per heavy atom. The van der Waals surface area contributed by atoms with Crippen LogP contribution in [0.3, 0.4) is 0 Å². The summed E-state index contributed by atoms with van der Waals surface area (Å²) in [5, 5.41) is 3.34. The Bertz CT molecular complexity index is 355. The maximum absolute atomic E-state index is 5.42. The fourth-order valence-corrected chi connectivity index (χ4v) is 2.02. The standard InChI is InChI=1S/C15H25NO3/c1-17-12-11-16-10-5-4-7-13-8-6-9-14(18-2)15(13)19-3/h6,8-9,16H,4-5,7,10-12H2,1-3H3. The summed E-state index contributed by atoms with van der Waals surface area (Å²) < 4.78 is 15.7. The topological polar surface area (TPSA) is 39.7 Å². The molecule has 4 nitrogen and oxygen atoms in total.